The highest BCUT2D eigenvalue weighted by molar-refractivity contribution is 5.58. The van der Waals surface area contributed by atoms with Gasteiger partial charge in [0.15, 0.2) is 0 Å². The summed E-state index contributed by atoms with van der Waals surface area (Å²) in [5.41, 5.74) is 4.86. The Morgan fingerprint density at radius 3 is 2.16 bits per heavy atom. The van der Waals surface area contributed by atoms with Crippen LogP contribution in [0.3, 0.4) is 0 Å². The van der Waals surface area contributed by atoms with Crippen molar-refractivity contribution in [2.75, 3.05) is 24.2 Å². The number of aromatic nitrogens is 2. The van der Waals surface area contributed by atoms with E-state index in [9.17, 15) is 0 Å². The molecule has 1 aromatic heterocycles. The predicted octanol–water partition coefficient (Wildman–Crippen LogP) is 7.17. The molecule has 2 aromatic rings. The minimum Gasteiger partial charge on any atom is -0.373 e. The summed E-state index contributed by atoms with van der Waals surface area (Å²) in [6, 6.07) is 8.57. The maximum Gasteiger partial charge on any atom is 0.229 e. The van der Waals surface area contributed by atoms with E-state index in [0.29, 0.717) is 5.95 Å². The van der Waals surface area contributed by atoms with Gasteiger partial charge in [-0.2, -0.15) is 4.98 Å². The van der Waals surface area contributed by atoms with Crippen molar-refractivity contribution in [2.24, 2.45) is 0 Å². The molecule has 0 bridgehead atoms. The molecule has 0 unspecified atom stereocenters. The van der Waals surface area contributed by atoms with Crippen molar-refractivity contribution in [1.82, 2.24) is 15.3 Å². The molecular weight excluding hydrogens is 382 g/mol. The highest BCUT2D eigenvalue weighted by atomic mass is 15.1. The average molecular weight is 428 g/mol. The highest BCUT2D eigenvalue weighted by Crippen LogP contribution is 2.42. The van der Waals surface area contributed by atoms with Crippen LogP contribution in [0.4, 0.5) is 17.5 Å². The highest BCUT2D eigenvalue weighted by Gasteiger charge is 2.25. The Bertz CT molecular complexity index is 739. The van der Waals surface area contributed by atoms with Gasteiger partial charge >= 0.3 is 0 Å². The van der Waals surface area contributed by atoms with Gasteiger partial charge in [-0.05, 0) is 61.9 Å². The summed E-state index contributed by atoms with van der Waals surface area (Å²) in [5, 5.41) is 9.94. The van der Waals surface area contributed by atoms with Gasteiger partial charge in [0.1, 0.15) is 5.82 Å². The van der Waals surface area contributed by atoms with Gasteiger partial charge in [-0.25, -0.2) is 4.98 Å². The van der Waals surface area contributed by atoms with Crippen LogP contribution < -0.4 is 16.0 Å². The number of hydrogen-bond donors (Lipinski definition) is 3. The molecule has 0 aliphatic heterocycles. The minimum atomic E-state index is 0.631. The van der Waals surface area contributed by atoms with Crippen LogP contribution in [0.15, 0.2) is 24.3 Å². The Kier molecular flexibility index (Phi) is 13.6. The standard InChI is InChI=1S/C19H27N5.C4H10.C3H8/c1-4-9-21-12-15-11-16(7-8-17(15)14-5-6-14)23-19-22-13(2)10-18(20-3)24-19;1-3-4-2;1-3-2/h7-8,10-11,14,21H,4-6,9,12H2,1-3H3,(H2,20,22,23,24);3-4H2,1-2H3;3H2,1-2H3. The van der Waals surface area contributed by atoms with Gasteiger partial charge in [0.05, 0.1) is 0 Å². The lowest BCUT2D eigenvalue weighted by molar-refractivity contribution is 0.671. The molecule has 0 spiro atoms. The smallest absolute Gasteiger partial charge is 0.229 e. The van der Waals surface area contributed by atoms with Gasteiger partial charge in [-0.15, -0.1) is 0 Å². The first-order valence-corrected chi connectivity index (χ1v) is 12.2. The quantitative estimate of drug-likeness (QED) is 0.370. The van der Waals surface area contributed by atoms with Crippen LogP contribution in [0.5, 0.6) is 0 Å². The first kappa shape index (κ1) is 26.9. The Morgan fingerprint density at radius 1 is 0.935 bits per heavy atom. The zero-order chi connectivity index (χ0) is 23.1. The zero-order valence-corrected chi connectivity index (χ0v) is 20.9. The van der Waals surface area contributed by atoms with E-state index >= 15 is 0 Å². The van der Waals surface area contributed by atoms with Gasteiger partial charge in [-0.1, -0.05) is 59.9 Å². The number of anilines is 3. The summed E-state index contributed by atoms with van der Waals surface area (Å²) in [7, 11) is 1.87. The summed E-state index contributed by atoms with van der Waals surface area (Å²) < 4.78 is 0. The lowest BCUT2D eigenvalue weighted by Gasteiger charge is -2.13. The lowest BCUT2D eigenvalue weighted by atomic mass is 10.0. The molecular formula is C26H45N5. The lowest BCUT2D eigenvalue weighted by Crippen LogP contribution is -2.15. The Labute approximate surface area is 190 Å². The van der Waals surface area contributed by atoms with Crippen LogP contribution in [0.1, 0.15) is 95.9 Å². The second kappa shape index (κ2) is 15.6. The molecule has 0 atom stereocenters. The molecule has 0 amide bonds. The van der Waals surface area contributed by atoms with Crippen LogP contribution in [0.25, 0.3) is 0 Å². The summed E-state index contributed by atoms with van der Waals surface area (Å²) in [4.78, 5) is 8.95. The van der Waals surface area contributed by atoms with E-state index in [2.05, 4.69) is 78.7 Å². The molecule has 0 radical (unpaired) electrons. The average Bonchev–Trinajstić information content (AvgIpc) is 3.60. The molecule has 31 heavy (non-hydrogen) atoms. The Balaban J connectivity index is 0.000000604. The van der Waals surface area contributed by atoms with E-state index in [-0.39, 0.29) is 0 Å². The van der Waals surface area contributed by atoms with E-state index < -0.39 is 0 Å². The molecule has 1 aliphatic rings. The van der Waals surface area contributed by atoms with Crippen LogP contribution >= 0.6 is 0 Å². The Morgan fingerprint density at radius 2 is 1.61 bits per heavy atom. The van der Waals surface area contributed by atoms with Gasteiger partial charge in [0, 0.05) is 31.0 Å². The first-order valence-electron chi connectivity index (χ1n) is 12.2. The van der Waals surface area contributed by atoms with Gasteiger partial charge in [0.25, 0.3) is 0 Å². The fourth-order valence-corrected chi connectivity index (χ4v) is 2.91. The zero-order valence-electron chi connectivity index (χ0n) is 20.9. The topological polar surface area (TPSA) is 61.9 Å². The molecule has 174 valence electrons. The Hall–Kier alpha value is -2.14. The van der Waals surface area contributed by atoms with Crippen LogP contribution in [-0.4, -0.2) is 23.6 Å². The number of nitrogens with one attached hydrogen (secondary N) is 3. The SMILES string of the molecule is CCC.CCCC.CCCNCc1cc(Nc2nc(C)cc(NC)n2)ccc1C1CC1. The molecule has 5 nitrogen and oxygen atoms in total. The second-order valence-electron chi connectivity index (χ2n) is 8.16. The van der Waals surface area contributed by atoms with Crippen LogP contribution in [0.2, 0.25) is 0 Å². The largest absolute Gasteiger partial charge is 0.373 e. The number of nitrogens with zero attached hydrogens (tertiary/aromatic N) is 2. The van der Waals surface area contributed by atoms with Gasteiger partial charge in [-0.3, -0.25) is 0 Å². The summed E-state index contributed by atoms with van der Waals surface area (Å²) >= 11 is 0. The maximum absolute atomic E-state index is 4.47. The fraction of sp³-hybridized carbons (Fsp3) is 0.615. The third kappa shape index (κ3) is 10.6. The molecule has 0 saturated heterocycles. The van der Waals surface area contributed by atoms with Crippen molar-refractivity contribution in [3.05, 3.63) is 41.1 Å². The number of unbranched alkanes of at least 4 members (excludes halogenated alkanes) is 1. The van der Waals surface area contributed by atoms with Crippen molar-refractivity contribution in [1.29, 1.82) is 0 Å². The van der Waals surface area contributed by atoms with Crippen molar-refractivity contribution >= 4 is 17.5 Å². The number of benzene rings is 1. The first-order chi connectivity index (χ1) is 15.0. The molecule has 3 rings (SSSR count). The van der Waals surface area contributed by atoms with Gasteiger partial charge in [0.2, 0.25) is 5.95 Å². The van der Waals surface area contributed by atoms with E-state index in [1.54, 1.807) is 0 Å². The van der Waals surface area contributed by atoms with Crippen molar-refractivity contribution in [2.45, 2.75) is 92.5 Å². The normalized spacial score (nSPS) is 12.2. The summed E-state index contributed by atoms with van der Waals surface area (Å²) in [6.45, 7) is 14.8. The van der Waals surface area contributed by atoms with Crippen molar-refractivity contribution in [3.63, 3.8) is 0 Å². The number of aryl methyl sites for hydroxylation is 1. The summed E-state index contributed by atoms with van der Waals surface area (Å²) in [6.07, 6.45) is 7.68. The number of hydrogen-bond acceptors (Lipinski definition) is 5. The molecule has 3 N–H and O–H groups in total. The molecule has 5 heteroatoms. The van der Waals surface area contributed by atoms with Crippen molar-refractivity contribution in [3.8, 4) is 0 Å². The molecule has 1 heterocycles. The van der Waals surface area contributed by atoms with Crippen molar-refractivity contribution < 1.29 is 0 Å². The van der Waals surface area contributed by atoms with E-state index in [1.807, 2.05) is 20.0 Å². The molecule has 1 aliphatic carbocycles. The van der Waals surface area contributed by atoms with E-state index in [1.165, 1.54) is 43.2 Å². The van der Waals surface area contributed by atoms with E-state index in [4.69, 9.17) is 0 Å². The third-order valence-electron chi connectivity index (χ3n) is 4.77. The second-order valence-corrected chi connectivity index (χ2v) is 8.16. The van der Waals surface area contributed by atoms with Crippen LogP contribution in [-0.2, 0) is 6.54 Å². The molecule has 1 aromatic carbocycles. The van der Waals surface area contributed by atoms with Crippen LogP contribution in [0, 0.1) is 6.92 Å². The fourth-order valence-electron chi connectivity index (χ4n) is 2.91. The third-order valence-corrected chi connectivity index (χ3v) is 4.77. The number of rotatable bonds is 9. The van der Waals surface area contributed by atoms with E-state index in [0.717, 1.165) is 42.6 Å². The predicted molar refractivity (Wildman–Crippen MR) is 137 cm³/mol. The maximum atomic E-state index is 4.47. The minimum absolute atomic E-state index is 0.631. The summed E-state index contributed by atoms with van der Waals surface area (Å²) in [5.74, 6) is 2.21. The monoisotopic (exact) mass is 427 g/mol. The molecule has 1 saturated carbocycles. The van der Waals surface area contributed by atoms with Gasteiger partial charge < -0.3 is 16.0 Å². The molecule has 1 fully saturated rings.